The number of amides is 1. The van der Waals surface area contributed by atoms with Crippen molar-refractivity contribution in [1.82, 2.24) is 0 Å². The van der Waals surface area contributed by atoms with Crippen LogP contribution in [0, 0.1) is 5.82 Å². The lowest BCUT2D eigenvalue weighted by Gasteiger charge is -2.13. The first-order chi connectivity index (χ1) is 11.4. The number of rotatable bonds is 5. The molecule has 0 saturated carbocycles. The van der Waals surface area contributed by atoms with E-state index in [4.69, 9.17) is 0 Å². The first-order valence-electron chi connectivity index (χ1n) is 7.02. The topological polar surface area (TPSA) is 55.4 Å². The Morgan fingerprint density at radius 2 is 1.92 bits per heavy atom. The molecule has 0 aliphatic rings. The van der Waals surface area contributed by atoms with Gasteiger partial charge in [0, 0.05) is 14.9 Å². The fourth-order valence-corrected chi connectivity index (χ4v) is 3.43. The van der Waals surface area contributed by atoms with Gasteiger partial charge in [0.15, 0.2) is 0 Å². The van der Waals surface area contributed by atoms with E-state index in [0.717, 1.165) is 0 Å². The first kappa shape index (κ1) is 18.5. The van der Waals surface area contributed by atoms with Crippen molar-refractivity contribution in [1.29, 1.82) is 0 Å². The zero-order valence-electron chi connectivity index (χ0n) is 13.0. The predicted octanol–water partition coefficient (Wildman–Crippen LogP) is 4.49. The summed E-state index contributed by atoms with van der Waals surface area (Å²) in [6.45, 7) is 1.69. The van der Waals surface area contributed by atoms with Gasteiger partial charge in [-0.2, -0.15) is 0 Å². The number of methoxy groups -OCH3 is 1. The minimum Gasteiger partial charge on any atom is -0.468 e. The van der Waals surface area contributed by atoms with Crippen molar-refractivity contribution in [3.05, 3.63) is 58.3 Å². The lowest BCUT2D eigenvalue weighted by molar-refractivity contribution is -0.139. The van der Waals surface area contributed by atoms with Gasteiger partial charge in [-0.15, -0.1) is 11.8 Å². The maximum atomic E-state index is 14.1. The van der Waals surface area contributed by atoms with Crippen molar-refractivity contribution < 1.29 is 18.7 Å². The molecule has 1 atom stereocenters. The molecule has 0 radical (unpaired) electrons. The van der Waals surface area contributed by atoms with Crippen LogP contribution in [0.4, 0.5) is 10.1 Å². The lowest BCUT2D eigenvalue weighted by atomic mass is 10.2. The maximum absolute atomic E-state index is 14.1. The number of esters is 1. The molecular weight excluding hydrogens is 397 g/mol. The molecule has 0 aromatic heterocycles. The zero-order chi connectivity index (χ0) is 17.7. The quantitative estimate of drug-likeness (QED) is 0.581. The summed E-state index contributed by atoms with van der Waals surface area (Å²) >= 11 is 4.48. The van der Waals surface area contributed by atoms with Crippen LogP contribution in [-0.2, 0) is 9.53 Å². The Morgan fingerprint density at radius 3 is 2.54 bits per heavy atom. The predicted molar refractivity (Wildman–Crippen MR) is 95.8 cm³/mol. The number of anilines is 1. The van der Waals surface area contributed by atoms with E-state index in [1.165, 1.54) is 31.0 Å². The van der Waals surface area contributed by atoms with Crippen LogP contribution in [0.15, 0.2) is 51.8 Å². The highest BCUT2D eigenvalue weighted by atomic mass is 79.9. The van der Waals surface area contributed by atoms with E-state index in [1.54, 1.807) is 37.3 Å². The van der Waals surface area contributed by atoms with E-state index in [-0.39, 0.29) is 11.7 Å². The van der Waals surface area contributed by atoms with Gasteiger partial charge in [0.05, 0.1) is 12.8 Å². The molecule has 1 amide bonds. The second-order valence-electron chi connectivity index (χ2n) is 4.87. The Kier molecular flexibility index (Phi) is 6.39. The van der Waals surface area contributed by atoms with Gasteiger partial charge in [-0.1, -0.05) is 18.2 Å². The summed E-state index contributed by atoms with van der Waals surface area (Å²) in [6.07, 6.45) is 0. The second kappa shape index (κ2) is 8.30. The number of halogens is 2. The molecule has 24 heavy (non-hydrogen) atoms. The van der Waals surface area contributed by atoms with Gasteiger partial charge in [0.1, 0.15) is 11.1 Å². The first-order valence-corrected chi connectivity index (χ1v) is 8.69. The molecule has 0 spiro atoms. The van der Waals surface area contributed by atoms with Crippen LogP contribution >= 0.6 is 27.7 Å². The molecule has 0 heterocycles. The van der Waals surface area contributed by atoms with Gasteiger partial charge in [0.25, 0.3) is 5.91 Å². The van der Waals surface area contributed by atoms with Crippen LogP contribution < -0.4 is 5.32 Å². The van der Waals surface area contributed by atoms with Gasteiger partial charge < -0.3 is 10.1 Å². The molecule has 2 aromatic carbocycles. The Bertz CT molecular complexity index is 755. The summed E-state index contributed by atoms with van der Waals surface area (Å²) in [4.78, 5) is 24.3. The van der Waals surface area contributed by atoms with Gasteiger partial charge in [0.2, 0.25) is 0 Å². The van der Waals surface area contributed by atoms with Crippen molar-refractivity contribution in [3.8, 4) is 0 Å². The normalized spacial score (nSPS) is 11.7. The molecule has 0 saturated heterocycles. The maximum Gasteiger partial charge on any atom is 0.318 e. The number of carbonyl (C=O) groups is 2. The molecule has 2 rings (SSSR count). The number of benzene rings is 2. The van der Waals surface area contributed by atoms with Crippen LogP contribution in [0.25, 0.3) is 0 Å². The number of ether oxygens (including phenoxy) is 1. The van der Waals surface area contributed by atoms with Crippen LogP contribution in [0.1, 0.15) is 17.3 Å². The van der Waals surface area contributed by atoms with Gasteiger partial charge in [-0.25, -0.2) is 4.39 Å². The number of hydrogen-bond acceptors (Lipinski definition) is 4. The van der Waals surface area contributed by atoms with E-state index in [1.807, 2.05) is 0 Å². The summed E-state index contributed by atoms with van der Waals surface area (Å²) in [6, 6.07) is 11.3. The molecule has 1 N–H and O–H groups in total. The standard InChI is InChI=1S/C17H15BrFNO3S/c1-10(17(22)23-2)24-15-9-14(13(19)8-12(15)18)20-16(21)11-6-4-3-5-7-11/h3-10H,1-2H3,(H,20,21). The monoisotopic (exact) mass is 411 g/mol. The van der Waals surface area contributed by atoms with Crippen molar-refractivity contribution in [2.45, 2.75) is 17.1 Å². The number of carbonyl (C=O) groups excluding carboxylic acids is 2. The minimum atomic E-state index is -0.568. The van der Waals surface area contributed by atoms with E-state index in [9.17, 15) is 14.0 Å². The molecule has 2 aromatic rings. The fraction of sp³-hybridized carbons (Fsp3) is 0.176. The largest absolute Gasteiger partial charge is 0.468 e. The Balaban J connectivity index is 2.23. The Labute approximate surface area is 151 Å². The van der Waals surface area contributed by atoms with Crippen molar-refractivity contribution in [3.63, 3.8) is 0 Å². The number of nitrogens with one attached hydrogen (secondary N) is 1. The van der Waals surface area contributed by atoms with Crippen LogP contribution in [-0.4, -0.2) is 24.2 Å². The molecule has 4 nitrogen and oxygen atoms in total. The fourth-order valence-electron chi connectivity index (χ4n) is 1.90. The minimum absolute atomic E-state index is 0.0478. The Morgan fingerprint density at radius 1 is 1.25 bits per heavy atom. The second-order valence-corrected chi connectivity index (χ2v) is 7.10. The molecular formula is C17H15BrFNO3S. The number of hydrogen-bond donors (Lipinski definition) is 1. The molecule has 0 bridgehead atoms. The third-order valence-corrected chi connectivity index (χ3v) is 5.20. The van der Waals surface area contributed by atoms with Gasteiger partial charge in [-0.3, -0.25) is 9.59 Å². The zero-order valence-corrected chi connectivity index (χ0v) is 15.4. The van der Waals surface area contributed by atoms with Crippen LogP contribution in [0.3, 0.4) is 0 Å². The third-order valence-electron chi connectivity index (χ3n) is 3.14. The molecule has 0 aliphatic heterocycles. The van der Waals surface area contributed by atoms with E-state index in [0.29, 0.717) is 14.9 Å². The highest BCUT2D eigenvalue weighted by Gasteiger charge is 2.18. The highest BCUT2D eigenvalue weighted by molar-refractivity contribution is 9.10. The summed E-state index contributed by atoms with van der Waals surface area (Å²) in [5, 5.41) is 2.08. The van der Waals surface area contributed by atoms with Crippen molar-refractivity contribution in [2.75, 3.05) is 12.4 Å². The van der Waals surface area contributed by atoms with E-state index >= 15 is 0 Å². The molecule has 0 aliphatic carbocycles. The van der Waals surface area contributed by atoms with Crippen molar-refractivity contribution in [2.24, 2.45) is 0 Å². The summed E-state index contributed by atoms with van der Waals surface area (Å²) in [5.41, 5.74) is 0.476. The average Bonchev–Trinajstić information content (AvgIpc) is 2.58. The molecule has 0 fully saturated rings. The van der Waals surface area contributed by atoms with Gasteiger partial charge >= 0.3 is 5.97 Å². The van der Waals surface area contributed by atoms with Crippen molar-refractivity contribution >= 4 is 45.3 Å². The summed E-state index contributed by atoms with van der Waals surface area (Å²) in [7, 11) is 1.31. The number of thioether (sulfide) groups is 1. The lowest BCUT2D eigenvalue weighted by Crippen LogP contribution is -2.15. The molecule has 1 unspecified atom stereocenters. The highest BCUT2D eigenvalue weighted by Crippen LogP contribution is 2.35. The molecule has 126 valence electrons. The van der Waals surface area contributed by atoms with Crippen LogP contribution in [0.5, 0.6) is 0 Å². The van der Waals surface area contributed by atoms with Crippen LogP contribution in [0.2, 0.25) is 0 Å². The molecule has 7 heteroatoms. The van der Waals surface area contributed by atoms with Gasteiger partial charge in [-0.05, 0) is 47.1 Å². The summed E-state index contributed by atoms with van der Waals surface area (Å²) in [5.74, 6) is -1.36. The third kappa shape index (κ3) is 4.58. The smallest absolute Gasteiger partial charge is 0.318 e. The summed E-state index contributed by atoms with van der Waals surface area (Å²) < 4.78 is 19.3. The van der Waals surface area contributed by atoms with E-state index in [2.05, 4.69) is 26.0 Å². The SMILES string of the molecule is COC(=O)C(C)Sc1cc(NC(=O)c2ccccc2)c(F)cc1Br. The van der Waals surface area contributed by atoms with E-state index < -0.39 is 17.0 Å². The average molecular weight is 412 g/mol. The Hall–Kier alpha value is -1.86.